The van der Waals surface area contributed by atoms with Gasteiger partial charge in [0.25, 0.3) is 0 Å². The van der Waals surface area contributed by atoms with E-state index in [2.05, 4.69) is 47.7 Å². The van der Waals surface area contributed by atoms with Crippen LogP contribution in [0.15, 0.2) is 0 Å². The summed E-state index contributed by atoms with van der Waals surface area (Å²) >= 11 is 0. The van der Waals surface area contributed by atoms with Crippen molar-refractivity contribution in [1.82, 2.24) is 0 Å². The predicted molar refractivity (Wildman–Crippen MR) is 96.9 cm³/mol. The second-order valence-corrected chi connectivity index (χ2v) is 14.8. The highest BCUT2D eigenvalue weighted by molar-refractivity contribution is 6.74. The second kappa shape index (κ2) is 6.18. The summed E-state index contributed by atoms with van der Waals surface area (Å²) < 4.78 is 12.1. The molecule has 2 fully saturated rings. The molecule has 0 N–H and O–H groups in total. The number of hydrogen-bond acceptors (Lipinski definition) is 3. The molecule has 0 aromatic heterocycles. The van der Waals surface area contributed by atoms with Gasteiger partial charge in [-0.15, -0.1) is 0 Å². The molecule has 0 radical (unpaired) electrons. The van der Waals surface area contributed by atoms with Crippen LogP contribution >= 0.6 is 0 Å². The molecule has 23 heavy (non-hydrogen) atoms. The zero-order valence-electron chi connectivity index (χ0n) is 16.3. The van der Waals surface area contributed by atoms with Crippen LogP contribution in [0.5, 0.6) is 0 Å². The van der Waals surface area contributed by atoms with Crippen molar-refractivity contribution in [1.29, 1.82) is 0 Å². The monoisotopic (exact) mass is 340 g/mol. The molecule has 1 aliphatic heterocycles. The van der Waals surface area contributed by atoms with Crippen LogP contribution in [-0.2, 0) is 14.0 Å². The van der Waals surface area contributed by atoms with Crippen molar-refractivity contribution in [2.24, 2.45) is 16.7 Å². The number of carbonyl (C=O) groups excluding carboxylic acids is 1. The summed E-state index contributed by atoms with van der Waals surface area (Å²) in [6.45, 7) is 17.7. The van der Waals surface area contributed by atoms with Gasteiger partial charge < -0.3 is 9.16 Å². The minimum Gasteiger partial charge on any atom is -0.465 e. The highest BCUT2D eigenvalue weighted by Crippen LogP contribution is 2.55. The van der Waals surface area contributed by atoms with E-state index in [1.807, 2.05) is 0 Å². The molecule has 0 bridgehead atoms. The average Bonchev–Trinajstić information content (AvgIpc) is 2.39. The maximum Gasteiger partial charge on any atom is 0.305 e. The highest BCUT2D eigenvalue weighted by atomic mass is 28.4. The van der Waals surface area contributed by atoms with Crippen LogP contribution in [0, 0.1) is 16.7 Å². The maximum atomic E-state index is 11.6. The normalized spacial score (nSPS) is 32.0. The Morgan fingerprint density at radius 3 is 2.39 bits per heavy atom. The molecule has 2 atom stereocenters. The average molecular weight is 341 g/mol. The molecule has 2 aliphatic rings. The Kier molecular flexibility index (Phi) is 5.10. The lowest BCUT2D eigenvalue weighted by molar-refractivity contribution is -0.167. The van der Waals surface area contributed by atoms with Crippen molar-refractivity contribution in [3.8, 4) is 0 Å². The Hall–Kier alpha value is -0.353. The van der Waals surface area contributed by atoms with Gasteiger partial charge in [-0.1, -0.05) is 41.0 Å². The predicted octanol–water partition coefficient (Wildman–Crippen LogP) is 5.16. The van der Waals surface area contributed by atoms with Crippen LogP contribution in [0.3, 0.4) is 0 Å². The van der Waals surface area contributed by atoms with E-state index < -0.39 is 8.32 Å². The molecule has 2 rings (SSSR count). The van der Waals surface area contributed by atoms with Gasteiger partial charge in [-0.05, 0) is 48.7 Å². The topological polar surface area (TPSA) is 35.5 Å². The van der Waals surface area contributed by atoms with E-state index in [0.29, 0.717) is 18.9 Å². The molecule has 4 heteroatoms. The van der Waals surface area contributed by atoms with Crippen molar-refractivity contribution in [2.45, 2.75) is 84.9 Å². The fourth-order valence-corrected chi connectivity index (χ4v) is 5.19. The van der Waals surface area contributed by atoms with E-state index in [0.717, 1.165) is 13.0 Å². The van der Waals surface area contributed by atoms with Crippen LogP contribution in [0.4, 0.5) is 0 Å². The quantitative estimate of drug-likeness (QED) is 0.526. The van der Waals surface area contributed by atoms with Crippen LogP contribution in [0.2, 0.25) is 18.1 Å². The molecular formula is C19H36O3Si. The molecule has 0 amide bonds. The fraction of sp³-hybridized carbons (Fsp3) is 0.947. The van der Waals surface area contributed by atoms with Crippen LogP contribution in [0.25, 0.3) is 0 Å². The van der Waals surface area contributed by atoms with Gasteiger partial charge >= 0.3 is 5.97 Å². The Bertz CT molecular complexity index is 438. The molecule has 1 aliphatic carbocycles. The van der Waals surface area contributed by atoms with Gasteiger partial charge in [0.05, 0.1) is 6.61 Å². The fourth-order valence-electron chi connectivity index (χ4n) is 4.18. The Labute approximate surface area is 143 Å². The lowest BCUT2D eigenvalue weighted by atomic mass is 9.54. The third-order valence-corrected chi connectivity index (χ3v) is 11.4. The smallest absolute Gasteiger partial charge is 0.305 e. The minimum atomic E-state index is -1.75. The SMILES string of the molecule is CC1(C)CCCC2(CCC(=O)OC2)C1CO[Si](C)(C)C(C)(C)C. The largest absolute Gasteiger partial charge is 0.465 e. The number of rotatable bonds is 3. The van der Waals surface area contributed by atoms with Crippen LogP contribution < -0.4 is 0 Å². The van der Waals surface area contributed by atoms with Crippen molar-refractivity contribution in [3.05, 3.63) is 0 Å². The van der Waals surface area contributed by atoms with Crippen molar-refractivity contribution in [2.75, 3.05) is 13.2 Å². The lowest BCUT2D eigenvalue weighted by Crippen LogP contribution is -2.53. The van der Waals surface area contributed by atoms with Crippen molar-refractivity contribution in [3.63, 3.8) is 0 Å². The lowest BCUT2D eigenvalue weighted by Gasteiger charge is -2.54. The Balaban J connectivity index is 2.18. The molecule has 1 saturated carbocycles. The third-order valence-electron chi connectivity index (χ3n) is 6.94. The van der Waals surface area contributed by atoms with E-state index >= 15 is 0 Å². The van der Waals surface area contributed by atoms with Crippen LogP contribution in [-0.4, -0.2) is 27.5 Å². The van der Waals surface area contributed by atoms with Crippen LogP contribution in [0.1, 0.15) is 66.7 Å². The van der Waals surface area contributed by atoms with Crippen molar-refractivity contribution < 1.29 is 14.0 Å². The molecule has 0 aromatic rings. The zero-order chi connectivity index (χ0) is 17.5. The Morgan fingerprint density at radius 1 is 1.22 bits per heavy atom. The van der Waals surface area contributed by atoms with Gasteiger partial charge in [-0.2, -0.15) is 0 Å². The second-order valence-electron chi connectivity index (χ2n) is 9.99. The number of hydrogen-bond donors (Lipinski definition) is 0. The molecule has 1 heterocycles. The summed E-state index contributed by atoms with van der Waals surface area (Å²) in [5.74, 6) is 0.453. The van der Waals surface area contributed by atoms with E-state index in [1.54, 1.807) is 0 Å². The van der Waals surface area contributed by atoms with E-state index in [9.17, 15) is 4.79 Å². The molecule has 1 saturated heterocycles. The summed E-state index contributed by atoms with van der Waals surface area (Å²) in [5.41, 5.74) is 0.391. The Morgan fingerprint density at radius 2 is 1.87 bits per heavy atom. The first-order chi connectivity index (χ1) is 10.4. The summed E-state index contributed by atoms with van der Waals surface area (Å²) in [4.78, 5) is 11.6. The van der Waals surface area contributed by atoms with Gasteiger partial charge in [0, 0.05) is 18.4 Å². The first kappa shape index (κ1) is 19.0. The van der Waals surface area contributed by atoms with E-state index in [-0.39, 0.29) is 21.8 Å². The van der Waals surface area contributed by atoms with E-state index in [4.69, 9.17) is 9.16 Å². The number of cyclic esters (lactones) is 1. The molecule has 1 spiro atoms. The van der Waals surface area contributed by atoms with Gasteiger partial charge in [-0.25, -0.2) is 0 Å². The summed E-state index contributed by atoms with van der Waals surface area (Å²) in [5, 5.41) is 0.234. The maximum absolute atomic E-state index is 11.6. The van der Waals surface area contributed by atoms with Crippen molar-refractivity contribution >= 4 is 14.3 Å². The summed E-state index contributed by atoms with van der Waals surface area (Å²) in [7, 11) is -1.75. The van der Waals surface area contributed by atoms with Gasteiger partial charge in [-0.3, -0.25) is 4.79 Å². The minimum absolute atomic E-state index is 0.0249. The zero-order valence-corrected chi connectivity index (χ0v) is 17.3. The molecular weight excluding hydrogens is 304 g/mol. The van der Waals surface area contributed by atoms with Gasteiger partial charge in [0.15, 0.2) is 8.32 Å². The van der Waals surface area contributed by atoms with E-state index in [1.165, 1.54) is 19.3 Å². The number of carbonyl (C=O) groups is 1. The third kappa shape index (κ3) is 3.84. The number of esters is 1. The van der Waals surface area contributed by atoms with Gasteiger partial charge in [0.2, 0.25) is 0 Å². The highest BCUT2D eigenvalue weighted by Gasteiger charge is 2.52. The summed E-state index contributed by atoms with van der Waals surface area (Å²) in [6, 6.07) is 0. The first-order valence-electron chi connectivity index (χ1n) is 9.19. The molecule has 3 nitrogen and oxygen atoms in total. The molecule has 0 aromatic carbocycles. The molecule has 134 valence electrons. The first-order valence-corrected chi connectivity index (χ1v) is 12.1. The standard InChI is InChI=1S/C19H36O3Si/c1-17(2,3)23(6,7)22-13-15-18(4,5)10-8-11-19(15)12-9-16(20)21-14-19/h15H,8-14H2,1-7H3. The number of ether oxygens (including phenoxy) is 1. The summed E-state index contributed by atoms with van der Waals surface area (Å²) in [6.07, 6.45) is 5.21. The van der Waals surface area contributed by atoms with Gasteiger partial charge in [0.1, 0.15) is 0 Å². The molecule has 2 unspecified atom stereocenters.